The third-order valence-corrected chi connectivity index (χ3v) is 14.7. The normalized spacial score (nSPS) is 22.8. The molecule has 1 N–H and O–H groups in total. The average molecular weight is 679 g/mol. The van der Waals surface area contributed by atoms with E-state index < -0.39 is 67.0 Å². The molecule has 0 aromatic heterocycles. The van der Waals surface area contributed by atoms with Crippen molar-refractivity contribution in [3.63, 3.8) is 0 Å². The first-order valence-electron chi connectivity index (χ1n) is 14.9. The topological polar surface area (TPSA) is 183 Å². The summed E-state index contributed by atoms with van der Waals surface area (Å²) in [4.78, 5) is 90.5. The second-order valence-electron chi connectivity index (χ2n) is 13.4. The Morgan fingerprint density at radius 1 is 1.11 bits per heavy atom. The number of β-lactam (4-membered cyclic amide) rings is 1. The summed E-state index contributed by atoms with van der Waals surface area (Å²) < 4.78 is 11.2. The Bertz CT molecular complexity index is 1410. The van der Waals surface area contributed by atoms with Gasteiger partial charge in [0, 0.05) is 43.9 Å². The van der Waals surface area contributed by atoms with Crippen LogP contribution in [0, 0.1) is 22.0 Å². The van der Waals surface area contributed by atoms with E-state index in [1.165, 1.54) is 4.90 Å². The molecule has 2 aliphatic heterocycles. The number of likely N-dealkylation sites (N-methyl/N-ethyl adjacent to an activating group) is 1. The Morgan fingerprint density at radius 2 is 1.70 bits per heavy atom. The standard InChI is InChI=1S/C30H42N4O10SSi/c1-16(29(40)45-20-14-21(31-15-20)24(35)32(6)7)23-22(17(2)44-46(8,9)30(3,4)5)25(36)33(23)26(37)28(39)43-27(38)18-10-12-19(13-11-18)34(41)42/h10-13,16-17,20-23,31H,14-15H2,1-9H3/t16-,17-,20+,21+,22+,23+/m0/s1. The van der Waals surface area contributed by atoms with Gasteiger partial charge in [-0.25, -0.2) is 9.59 Å². The molecule has 3 amide bonds. The van der Waals surface area contributed by atoms with E-state index in [-0.39, 0.29) is 32.6 Å². The molecule has 2 heterocycles. The van der Waals surface area contributed by atoms with Crippen molar-refractivity contribution in [3.8, 4) is 0 Å². The smallest absolute Gasteiger partial charge is 0.405 e. The Hall–Kier alpha value is -3.47. The quantitative estimate of drug-likeness (QED) is 0.0768. The van der Waals surface area contributed by atoms with Crippen LogP contribution in [0.15, 0.2) is 24.3 Å². The highest BCUT2D eigenvalue weighted by atomic mass is 32.2. The highest BCUT2D eigenvalue weighted by molar-refractivity contribution is 8.14. The van der Waals surface area contributed by atoms with Gasteiger partial charge in [-0.05, 0) is 43.6 Å². The van der Waals surface area contributed by atoms with Crippen LogP contribution in [-0.4, -0.2) is 102 Å². The van der Waals surface area contributed by atoms with Gasteiger partial charge in [-0.3, -0.25) is 34.2 Å². The van der Waals surface area contributed by atoms with Crippen molar-refractivity contribution < 1.29 is 42.9 Å². The van der Waals surface area contributed by atoms with E-state index in [1.807, 2.05) is 33.9 Å². The molecule has 16 heteroatoms. The molecule has 0 aliphatic carbocycles. The number of nitro benzene ring substituents is 1. The van der Waals surface area contributed by atoms with E-state index in [1.54, 1.807) is 27.9 Å². The van der Waals surface area contributed by atoms with Crippen molar-refractivity contribution in [2.45, 2.75) is 82.6 Å². The lowest BCUT2D eigenvalue weighted by molar-refractivity contribution is -0.384. The highest BCUT2D eigenvalue weighted by Gasteiger charge is 2.59. The fourth-order valence-corrected chi connectivity index (χ4v) is 7.78. The van der Waals surface area contributed by atoms with Gasteiger partial charge >= 0.3 is 17.8 Å². The highest BCUT2D eigenvalue weighted by Crippen LogP contribution is 2.43. The number of carbonyl (C=O) groups is 6. The van der Waals surface area contributed by atoms with Gasteiger partial charge in [0.1, 0.15) is 0 Å². The molecule has 46 heavy (non-hydrogen) atoms. The minimum Gasteiger partial charge on any atom is -0.413 e. The van der Waals surface area contributed by atoms with E-state index in [2.05, 4.69) is 5.32 Å². The van der Waals surface area contributed by atoms with Gasteiger partial charge in [0.15, 0.2) is 13.4 Å². The summed E-state index contributed by atoms with van der Waals surface area (Å²) in [5.74, 6) is -6.97. The molecule has 3 rings (SSSR count). The first-order valence-corrected chi connectivity index (χ1v) is 18.7. The Morgan fingerprint density at radius 3 is 2.22 bits per heavy atom. The molecule has 252 valence electrons. The third-order valence-electron chi connectivity index (χ3n) is 8.87. The number of esters is 2. The van der Waals surface area contributed by atoms with Gasteiger partial charge < -0.3 is 19.4 Å². The molecule has 0 radical (unpaired) electrons. The number of hydrogen-bond donors (Lipinski definition) is 1. The number of nitro groups is 1. The SMILES string of the molecule is C[C@H](O[Si](C)(C)C(C)(C)C)[C@H]1C(=O)N(C(=O)C(=O)OC(=O)c2ccc([N+](=O)[O-])cc2)[C@@H]1[C@H](C)C(=O)S[C@H]1CN[C@@H](C(=O)N(C)C)C1. The maximum atomic E-state index is 13.6. The van der Waals surface area contributed by atoms with Crippen molar-refractivity contribution in [1.29, 1.82) is 0 Å². The summed E-state index contributed by atoms with van der Waals surface area (Å²) in [6.07, 6.45) is -0.284. The van der Waals surface area contributed by atoms with Gasteiger partial charge in [-0.1, -0.05) is 39.5 Å². The largest absolute Gasteiger partial charge is 0.413 e. The second-order valence-corrected chi connectivity index (χ2v) is 19.4. The molecular formula is C30H42N4O10SSi. The summed E-state index contributed by atoms with van der Waals surface area (Å²) in [6, 6.07) is 2.71. The number of ether oxygens (including phenoxy) is 1. The lowest BCUT2D eigenvalue weighted by Gasteiger charge is -2.51. The lowest BCUT2D eigenvalue weighted by Crippen LogP contribution is -2.71. The van der Waals surface area contributed by atoms with Gasteiger partial charge in [0.2, 0.25) is 11.8 Å². The maximum absolute atomic E-state index is 13.6. The number of hydrogen-bond acceptors (Lipinski definition) is 12. The van der Waals surface area contributed by atoms with Crippen molar-refractivity contribution in [1.82, 2.24) is 15.1 Å². The number of nitrogens with one attached hydrogen (secondary N) is 1. The Labute approximate surface area is 273 Å². The number of non-ortho nitro benzene ring substituents is 1. The number of rotatable bonds is 9. The minimum atomic E-state index is -2.40. The van der Waals surface area contributed by atoms with Crippen molar-refractivity contribution in [2.24, 2.45) is 11.8 Å². The third kappa shape index (κ3) is 7.90. The number of nitrogens with zero attached hydrogens (tertiary/aromatic N) is 3. The zero-order valence-electron chi connectivity index (χ0n) is 27.5. The lowest BCUT2D eigenvalue weighted by atomic mass is 9.76. The van der Waals surface area contributed by atoms with Crippen LogP contribution >= 0.6 is 11.8 Å². The summed E-state index contributed by atoms with van der Waals surface area (Å²) in [6.45, 7) is 13.8. The minimum absolute atomic E-state index is 0.108. The number of thioether (sulfide) groups is 1. The summed E-state index contributed by atoms with van der Waals surface area (Å²) in [5, 5.41) is 13.3. The molecule has 1 aromatic rings. The van der Waals surface area contributed by atoms with Gasteiger partial charge in [0.05, 0.1) is 34.6 Å². The van der Waals surface area contributed by atoms with Crippen LogP contribution in [-0.2, 0) is 33.1 Å². The molecule has 0 spiro atoms. The molecule has 1 aromatic carbocycles. The van der Waals surface area contributed by atoms with Crippen LogP contribution in [0.25, 0.3) is 0 Å². The van der Waals surface area contributed by atoms with Gasteiger partial charge in [0.25, 0.3) is 5.69 Å². The number of carbonyl (C=O) groups excluding carboxylic acids is 6. The van der Waals surface area contributed by atoms with Crippen LogP contribution in [0.2, 0.25) is 18.1 Å². The van der Waals surface area contributed by atoms with Crippen LogP contribution in [0.4, 0.5) is 5.69 Å². The van der Waals surface area contributed by atoms with Crippen LogP contribution in [0.5, 0.6) is 0 Å². The van der Waals surface area contributed by atoms with E-state index in [0.717, 1.165) is 36.0 Å². The number of likely N-dealkylation sites (tertiary alicyclic amines) is 1. The molecule has 6 atom stereocenters. The number of benzene rings is 1. The van der Waals surface area contributed by atoms with Gasteiger partial charge in [-0.2, -0.15) is 0 Å². The first-order chi connectivity index (χ1) is 21.2. The number of amides is 3. The van der Waals surface area contributed by atoms with E-state index in [9.17, 15) is 38.9 Å². The molecular weight excluding hydrogens is 637 g/mol. The Balaban J connectivity index is 1.81. The molecule has 2 fully saturated rings. The van der Waals surface area contributed by atoms with Crippen LogP contribution in [0.3, 0.4) is 0 Å². The van der Waals surface area contributed by atoms with Crippen molar-refractivity contribution in [2.75, 3.05) is 20.6 Å². The zero-order valence-corrected chi connectivity index (χ0v) is 29.3. The molecule has 0 saturated carbocycles. The molecule has 2 saturated heterocycles. The summed E-state index contributed by atoms with van der Waals surface area (Å²) in [7, 11) is 0.893. The predicted molar refractivity (Wildman–Crippen MR) is 171 cm³/mol. The second kappa shape index (κ2) is 14.1. The van der Waals surface area contributed by atoms with Crippen LogP contribution in [0.1, 0.15) is 51.4 Å². The van der Waals surface area contributed by atoms with Crippen LogP contribution < -0.4 is 5.32 Å². The fraction of sp³-hybridized carbons (Fsp3) is 0.600. The predicted octanol–water partition coefficient (Wildman–Crippen LogP) is 2.76. The van der Waals surface area contributed by atoms with Crippen molar-refractivity contribution in [3.05, 3.63) is 39.9 Å². The Kier molecular flexibility index (Phi) is 11.3. The molecule has 0 bridgehead atoms. The first kappa shape index (κ1) is 37.0. The monoisotopic (exact) mass is 678 g/mol. The summed E-state index contributed by atoms with van der Waals surface area (Å²) in [5.41, 5.74) is -0.513. The average Bonchev–Trinajstić information content (AvgIpc) is 3.42. The molecule has 2 aliphatic rings. The summed E-state index contributed by atoms with van der Waals surface area (Å²) >= 11 is 1.02. The van der Waals surface area contributed by atoms with Crippen molar-refractivity contribution >= 4 is 60.5 Å². The maximum Gasteiger partial charge on any atom is 0.405 e. The van der Waals surface area contributed by atoms with Gasteiger partial charge in [-0.15, -0.1) is 0 Å². The number of imide groups is 1. The molecule has 0 unspecified atom stereocenters. The van der Waals surface area contributed by atoms with E-state index in [4.69, 9.17) is 9.16 Å². The van der Waals surface area contributed by atoms with E-state index in [0.29, 0.717) is 17.9 Å². The fourth-order valence-electron chi connectivity index (χ4n) is 5.20. The zero-order chi connectivity index (χ0) is 34.9. The van der Waals surface area contributed by atoms with E-state index >= 15 is 0 Å². The molecule has 14 nitrogen and oxygen atoms in total.